The lowest BCUT2D eigenvalue weighted by Crippen LogP contribution is -2.03. The van der Waals surface area contributed by atoms with Crippen LogP contribution in [0.2, 0.25) is 0 Å². The summed E-state index contributed by atoms with van der Waals surface area (Å²) in [5.74, 6) is 1.10. The topological polar surface area (TPSA) is 88.8 Å². The Bertz CT molecular complexity index is 927. The second kappa shape index (κ2) is 6.20. The summed E-state index contributed by atoms with van der Waals surface area (Å²) in [6.07, 6.45) is 0. The maximum absolute atomic E-state index is 4.73. The van der Waals surface area contributed by atoms with Gasteiger partial charge in [0.05, 0.1) is 0 Å². The minimum atomic E-state index is 0.351. The summed E-state index contributed by atoms with van der Waals surface area (Å²) in [4.78, 5) is 8.93. The molecule has 7 nitrogen and oxygen atoms in total. The molecule has 0 saturated heterocycles. The minimum absolute atomic E-state index is 0.351. The highest BCUT2D eigenvalue weighted by atomic mass is 16.6. The van der Waals surface area contributed by atoms with E-state index in [2.05, 4.69) is 30.9 Å². The second-order valence-electron chi connectivity index (χ2n) is 5.81. The molecule has 0 fully saturated rings. The molecule has 0 radical (unpaired) electrons. The van der Waals surface area contributed by atoms with Crippen molar-refractivity contribution >= 4 is 34.3 Å². The van der Waals surface area contributed by atoms with Gasteiger partial charge in [0, 0.05) is 11.4 Å². The maximum atomic E-state index is 4.73. The predicted octanol–water partition coefficient (Wildman–Crippen LogP) is 4.12. The molecule has 2 heterocycles. The highest BCUT2D eigenvalue weighted by Crippen LogP contribution is 2.26. The van der Waals surface area contributed by atoms with E-state index < -0.39 is 0 Å². The van der Waals surface area contributed by atoms with Crippen LogP contribution in [0, 0.1) is 13.8 Å². The Hall–Kier alpha value is -3.48. The number of hydrogen-bond acceptors (Lipinski definition) is 7. The first-order chi connectivity index (χ1) is 12.2. The normalized spacial score (nSPS) is 10.8. The molecule has 0 spiro atoms. The lowest BCUT2D eigenvalue weighted by atomic mass is 10.2. The molecule has 0 amide bonds. The van der Waals surface area contributed by atoms with Crippen LogP contribution in [-0.4, -0.2) is 20.3 Å². The standard InChI is InChI=1S/C18H16N6O/c1-11-3-7-13(8-4-11)19-15-16(20-14-9-5-12(2)6-10-14)22-18-17(21-15)23-25-24-18/h3-10H,1-2H3,(H,19,21,23)(H,20,22,24). The summed E-state index contributed by atoms with van der Waals surface area (Å²) in [7, 11) is 0. The molecule has 0 atom stereocenters. The molecule has 0 aliphatic carbocycles. The SMILES string of the molecule is Cc1ccc(Nc2nc3nonc3nc2Nc2ccc(C)cc2)cc1. The van der Waals surface area contributed by atoms with Gasteiger partial charge in [0.2, 0.25) is 11.3 Å². The molecule has 0 saturated carbocycles. The molecule has 2 aromatic carbocycles. The maximum Gasteiger partial charge on any atom is 0.245 e. The Balaban J connectivity index is 1.72. The number of fused-ring (bicyclic) bond motifs is 1. The van der Waals surface area contributed by atoms with Gasteiger partial charge in [0.15, 0.2) is 11.6 Å². The van der Waals surface area contributed by atoms with Gasteiger partial charge in [0.25, 0.3) is 0 Å². The van der Waals surface area contributed by atoms with Crippen LogP contribution in [0.4, 0.5) is 23.0 Å². The van der Waals surface area contributed by atoms with E-state index in [1.165, 1.54) is 11.1 Å². The van der Waals surface area contributed by atoms with E-state index in [0.29, 0.717) is 22.9 Å². The van der Waals surface area contributed by atoms with Crippen molar-refractivity contribution in [2.24, 2.45) is 0 Å². The summed E-state index contributed by atoms with van der Waals surface area (Å²) < 4.78 is 4.73. The third-order valence-electron chi connectivity index (χ3n) is 3.74. The van der Waals surface area contributed by atoms with Gasteiger partial charge >= 0.3 is 0 Å². The van der Waals surface area contributed by atoms with Crippen molar-refractivity contribution in [1.82, 2.24) is 20.3 Å². The summed E-state index contributed by atoms with van der Waals surface area (Å²) >= 11 is 0. The molecule has 4 aromatic rings. The van der Waals surface area contributed by atoms with Crippen LogP contribution in [0.1, 0.15) is 11.1 Å². The third-order valence-corrected chi connectivity index (χ3v) is 3.74. The van der Waals surface area contributed by atoms with Crippen molar-refractivity contribution in [3.8, 4) is 0 Å². The Morgan fingerprint density at radius 1 is 0.640 bits per heavy atom. The van der Waals surface area contributed by atoms with E-state index in [0.717, 1.165) is 11.4 Å². The molecule has 0 unspecified atom stereocenters. The number of nitrogens with zero attached hydrogens (tertiary/aromatic N) is 4. The Labute approximate surface area is 144 Å². The summed E-state index contributed by atoms with van der Waals surface area (Å²) in [5.41, 5.74) is 4.88. The molecule has 0 aliphatic rings. The number of aromatic nitrogens is 4. The molecule has 7 heteroatoms. The fraction of sp³-hybridized carbons (Fsp3) is 0.111. The van der Waals surface area contributed by atoms with E-state index >= 15 is 0 Å². The van der Waals surface area contributed by atoms with Gasteiger partial charge in [-0.05, 0) is 48.4 Å². The van der Waals surface area contributed by atoms with E-state index in [1.54, 1.807) is 0 Å². The van der Waals surface area contributed by atoms with Crippen molar-refractivity contribution < 1.29 is 4.63 Å². The Morgan fingerprint density at radius 3 is 1.44 bits per heavy atom. The van der Waals surface area contributed by atoms with Crippen molar-refractivity contribution in [2.45, 2.75) is 13.8 Å². The predicted molar refractivity (Wildman–Crippen MR) is 96.3 cm³/mol. The average molecular weight is 332 g/mol. The molecule has 4 rings (SSSR count). The zero-order chi connectivity index (χ0) is 17.2. The van der Waals surface area contributed by atoms with Crippen LogP contribution >= 0.6 is 0 Å². The van der Waals surface area contributed by atoms with Gasteiger partial charge < -0.3 is 10.6 Å². The van der Waals surface area contributed by atoms with Gasteiger partial charge in [-0.3, -0.25) is 0 Å². The van der Waals surface area contributed by atoms with Crippen LogP contribution in [0.25, 0.3) is 11.3 Å². The van der Waals surface area contributed by atoms with Gasteiger partial charge in [-0.15, -0.1) is 0 Å². The first-order valence-corrected chi connectivity index (χ1v) is 7.85. The van der Waals surface area contributed by atoms with Crippen LogP contribution in [0.15, 0.2) is 53.2 Å². The number of rotatable bonds is 4. The number of aryl methyl sites for hydroxylation is 2. The molecular formula is C18H16N6O. The smallest absolute Gasteiger partial charge is 0.245 e. The zero-order valence-electron chi connectivity index (χ0n) is 13.8. The van der Waals surface area contributed by atoms with E-state index in [-0.39, 0.29) is 0 Å². The largest absolute Gasteiger partial charge is 0.337 e. The zero-order valence-corrected chi connectivity index (χ0v) is 13.8. The first-order valence-electron chi connectivity index (χ1n) is 7.85. The van der Waals surface area contributed by atoms with E-state index in [1.807, 2.05) is 62.4 Å². The van der Waals surface area contributed by atoms with Crippen molar-refractivity contribution in [1.29, 1.82) is 0 Å². The molecule has 25 heavy (non-hydrogen) atoms. The van der Waals surface area contributed by atoms with Crippen LogP contribution < -0.4 is 10.6 Å². The minimum Gasteiger partial charge on any atom is -0.337 e. The lowest BCUT2D eigenvalue weighted by molar-refractivity contribution is 0.314. The van der Waals surface area contributed by atoms with Crippen molar-refractivity contribution in [2.75, 3.05) is 10.6 Å². The molecule has 0 bridgehead atoms. The van der Waals surface area contributed by atoms with Gasteiger partial charge in [-0.2, -0.15) is 0 Å². The first kappa shape index (κ1) is 15.1. The summed E-state index contributed by atoms with van der Waals surface area (Å²) in [5, 5.41) is 14.1. The second-order valence-corrected chi connectivity index (χ2v) is 5.81. The van der Waals surface area contributed by atoms with Crippen LogP contribution in [0.3, 0.4) is 0 Å². The molecule has 124 valence electrons. The van der Waals surface area contributed by atoms with Crippen molar-refractivity contribution in [3.63, 3.8) is 0 Å². The van der Waals surface area contributed by atoms with Crippen molar-refractivity contribution in [3.05, 3.63) is 59.7 Å². The monoisotopic (exact) mass is 332 g/mol. The number of nitrogens with one attached hydrogen (secondary N) is 2. The third kappa shape index (κ3) is 3.25. The fourth-order valence-electron chi connectivity index (χ4n) is 2.36. The summed E-state index contributed by atoms with van der Waals surface area (Å²) in [6, 6.07) is 16.0. The molecule has 0 aliphatic heterocycles. The van der Waals surface area contributed by atoms with Gasteiger partial charge in [0.1, 0.15) is 0 Å². The quantitative estimate of drug-likeness (QED) is 0.581. The van der Waals surface area contributed by atoms with Gasteiger partial charge in [-0.25, -0.2) is 14.6 Å². The Morgan fingerprint density at radius 2 is 1.04 bits per heavy atom. The number of benzene rings is 2. The highest BCUT2D eigenvalue weighted by Gasteiger charge is 2.13. The molecular weight excluding hydrogens is 316 g/mol. The van der Waals surface area contributed by atoms with Crippen LogP contribution in [0.5, 0.6) is 0 Å². The summed E-state index contributed by atoms with van der Waals surface area (Å²) in [6.45, 7) is 4.09. The number of anilines is 4. The average Bonchev–Trinajstić information content (AvgIpc) is 3.06. The van der Waals surface area contributed by atoms with E-state index in [4.69, 9.17) is 4.63 Å². The van der Waals surface area contributed by atoms with Crippen LogP contribution in [-0.2, 0) is 0 Å². The molecule has 2 N–H and O–H groups in total. The number of hydrogen-bond donors (Lipinski definition) is 2. The fourth-order valence-corrected chi connectivity index (χ4v) is 2.36. The Kier molecular flexibility index (Phi) is 3.74. The van der Waals surface area contributed by atoms with Gasteiger partial charge in [-0.1, -0.05) is 35.4 Å². The highest BCUT2D eigenvalue weighted by molar-refractivity contribution is 5.79. The molecule has 2 aromatic heterocycles. The lowest BCUT2D eigenvalue weighted by Gasteiger charge is -2.12. The van der Waals surface area contributed by atoms with E-state index in [9.17, 15) is 0 Å².